The van der Waals surface area contributed by atoms with Crippen LogP contribution in [-0.2, 0) is 9.53 Å². The second-order valence-corrected chi connectivity index (χ2v) is 6.50. The number of phenols is 2. The molecule has 0 bridgehead atoms. The number of ether oxygens (including phenoxy) is 1. The van der Waals surface area contributed by atoms with Gasteiger partial charge in [0.2, 0.25) is 5.91 Å². The highest BCUT2D eigenvalue weighted by Crippen LogP contribution is 2.39. The van der Waals surface area contributed by atoms with Gasteiger partial charge in [-0.25, -0.2) is 0 Å². The Bertz CT molecular complexity index is 489. The predicted molar refractivity (Wildman–Crippen MR) is 87.0 cm³/mol. The third-order valence-electron chi connectivity index (χ3n) is 3.44. The summed E-state index contributed by atoms with van der Waals surface area (Å²) in [5, 5.41) is 19.2. The summed E-state index contributed by atoms with van der Waals surface area (Å²) < 4.78 is 5.46. The molecule has 1 unspecified atom stereocenters. The number of carbonyl (C=O) groups is 1. The number of rotatable bonds is 7. The molecule has 22 heavy (non-hydrogen) atoms. The van der Waals surface area contributed by atoms with Crippen molar-refractivity contribution in [1.82, 2.24) is 4.90 Å². The Kier molecular flexibility index (Phi) is 6.39. The zero-order valence-corrected chi connectivity index (χ0v) is 13.6. The summed E-state index contributed by atoms with van der Waals surface area (Å²) in [5.74, 6) is 0.893. The number of thioether (sulfide) groups is 1. The molecule has 1 heterocycles. The SMILES string of the molecule is CCCOCCCN1C(=O)CCSC1c1cc(O)cc(O)c1. The highest BCUT2D eigenvalue weighted by molar-refractivity contribution is 7.99. The molecule has 1 atom stereocenters. The van der Waals surface area contributed by atoms with E-state index >= 15 is 0 Å². The zero-order valence-electron chi connectivity index (χ0n) is 12.8. The fourth-order valence-corrected chi connectivity index (χ4v) is 3.73. The Morgan fingerprint density at radius 3 is 2.68 bits per heavy atom. The highest BCUT2D eigenvalue weighted by atomic mass is 32.2. The minimum Gasteiger partial charge on any atom is -0.508 e. The molecule has 2 rings (SSSR count). The summed E-state index contributed by atoms with van der Waals surface area (Å²) in [7, 11) is 0. The van der Waals surface area contributed by atoms with Gasteiger partial charge in [0.05, 0.1) is 0 Å². The average molecular weight is 325 g/mol. The number of phenolic OH excluding ortho intramolecular Hbond substituents is 2. The molecule has 1 aliphatic heterocycles. The molecule has 0 spiro atoms. The molecule has 0 radical (unpaired) electrons. The quantitative estimate of drug-likeness (QED) is 0.754. The molecule has 2 N–H and O–H groups in total. The van der Waals surface area contributed by atoms with E-state index < -0.39 is 0 Å². The molecule has 1 aliphatic rings. The van der Waals surface area contributed by atoms with Gasteiger partial charge in [0.1, 0.15) is 16.9 Å². The molecule has 1 fully saturated rings. The van der Waals surface area contributed by atoms with E-state index in [0.29, 0.717) is 19.6 Å². The maximum Gasteiger partial charge on any atom is 0.224 e. The number of carbonyl (C=O) groups excluding carboxylic acids is 1. The van der Waals surface area contributed by atoms with Gasteiger partial charge in [-0.1, -0.05) is 6.92 Å². The molecule has 1 amide bonds. The molecule has 0 aromatic heterocycles. The lowest BCUT2D eigenvalue weighted by Gasteiger charge is -2.35. The topological polar surface area (TPSA) is 70.0 Å². The number of hydrogen-bond donors (Lipinski definition) is 2. The van der Waals surface area contributed by atoms with Crippen LogP contribution in [0, 0.1) is 0 Å². The van der Waals surface area contributed by atoms with Gasteiger partial charge in [0.25, 0.3) is 0 Å². The van der Waals surface area contributed by atoms with Crippen LogP contribution in [0.15, 0.2) is 18.2 Å². The first-order valence-corrected chi connectivity index (χ1v) is 8.68. The Balaban J connectivity index is 2.04. The van der Waals surface area contributed by atoms with E-state index in [-0.39, 0.29) is 22.8 Å². The van der Waals surface area contributed by atoms with Gasteiger partial charge in [-0.2, -0.15) is 0 Å². The summed E-state index contributed by atoms with van der Waals surface area (Å²) in [6.45, 7) is 4.07. The van der Waals surface area contributed by atoms with Crippen molar-refractivity contribution >= 4 is 17.7 Å². The molecule has 5 nitrogen and oxygen atoms in total. The van der Waals surface area contributed by atoms with Gasteiger partial charge in [0, 0.05) is 38.0 Å². The standard InChI is InChI=1S/C16H23NO4S/c1-2-6-21-7-3-5-17-15(20)4-8-22-16(17)12-9-13(18)11-14(19)10-12/h9-11,16,18-19H,2-8H2,1H3. The molecule has 122 valence electrons. The number of benzene rings is 1. The second kappa shape index (κ2) is 8.29. The number of hydrogen-bond acceptors (Lipinski definition) is 5. The van der Waals surface area contributed by atoms with Crippen LogP contribution in [0.5, 0.6) is 11.5 Å². The lowest BCUT2D eigenvalue weighted by Crippen LogP contribution is -2.38. The van der Waals surface area contributed by atoms with Crippen LogP contribution >= 0.6 is 11.8 Å². The van der Waals surface area contributed by atoms with E-state index in [4.69, 9.17) is 4.74 Å². The number of nitrogens with zero attached hydrogens (tertiary/aromatic N) is 1. The van der Waals surface area contributed by atoms with E-state index in [1.807, 2.05) is 4.90 Å². The van der Waals surface area contributed by atoms with Crippen molar-refractivity contribution < 1.29 is 19.7 Å². The van der Waals surface area contributed by atoms with Crippen LogP contribution in [0.2, 0.25) is 0 Å². The maximum atomic E-state index is 12.2. The van der Waals surface area contributed by atoms with Crippen molar-refractivity contribution in [2.75, 3.05) is 25.5 Å². The third-order valence-corrected chi connectivity index (χ3v) is 4.72. The zero-order chi connectivity index (χ0) is 15.9. The van der Waals surface area contributed by atoms with Gasteiger partial charge < -0.3 is 19.8 Å². The van der Waals surface area contributed by atoms with E-state index in [1.54, 1.807) is 23.9 Å². The molecule has 0 aliphatic carbocycles. The smallest absolute Gasteiger partial charge is 0.224 e. The van der Waals surface area contributed by atoms with Gasteiger partial charge in [-0.15, -0.1) is 11.8 Å². The van der Waals surface area contributed by atoms with Crippen LogP contribution in [0.1, 0.15) is 37.1 Å². The monoisotopic (exact) mass is 325 g/mol. The van der Waals surface area contributed by atoms with Crippen molar-refractivity contribution in [3.63, 3.8) is 0 Å². The molecule has 1 aromatic rings. The molecule has 6 heteroatoms. The lowest BCUT2D eigenvalue weighted by molar-refractivity contribution is -0.132. The second-order valence-electron chi connectivity index (χ2n) is 5.31. The van der Waals surface area contributed by atoms with Gasteiger partial charge >= 0.3 is 0 Å². The molecule has 0 saturated carbocycles. The molecular formula is C16H23NO4S. The van der Waals surface area contributed by atoms with Gasteiger partial charge in [-0.3, -0.25) is 4.79 Å². The molecule has 1 aromatic carbocycles. The van der Waals surface area contributed by atoms with E-state index in [9.17, 15) is 15.0 Å². The first kappa shape index (κ1) is 17.0. The maximum absolute atomic E-state index is 12.2. The summed E-state index contributed by atoms with van der Waals surface area (Å²) in [6.07, 6.45) is 2.30. The summed E-state index contributed by atoms with van der Waals surface area (Å²) >= 11 is 1.66. The Labute approximate surface area is 135 Å². The average Bonchev–Trinajstić information content (AvgIpc) is 2.47. The van der Waals surface area contributed by atoms with E-state index in [1.165, 1.54) is 6.07 Å². The minimum atomic E-state index is -0.162. The first-order chi connectivity index (χ1) is 10.6. The number of amides is 1. The van der Waals surface area contributed by atoms with Crippen molar-refractivity contribution in [2.45, 2.75) is 31.6 Å². The Morgan fingerprint density at radius 2 is 2.00 bits per heavy atom. The number of aromatic hydroxyl groups is 2. The summed E-state index contributed by atoms with van der Waals surface area (Å²) in [4.78, 5) is 14.0. The van der Waals surface area contributed by atoms with E-state index in [2.05, 4.69) is 6.92 Å². The normalized spacial score (nSPS) is 18.7. The van der Waals surface area contributed by atoms with Crippen LogP contribution < -0.4 is 0 Å². The van der Waals surface area contributed by atoms with E-state index in [0.717, 1.165) is 30.8 Å². The predicted octanol–water partition coefficient (Wildman–Crippen LogP) is 2.88. The highest BCUT2D eigenvalue weighted by Gasteiger charge is 2.29. The van der Waals surface area contributed by atoms with Crippen molar-refractivity contribution in [2.24, 2.45) is 0 Å². The van der Waals surface area contributed by atoms with Crippen LogP contribution in [0.3, 0.4) is 0 Å². The van der Waals surface area contributed by atoms with Crippen LogP contribution in [-0.4, -0.2) is 46.5 Å². The van der Waals surface area contributed by atoms with Crippen LogP contribution in [0.25, 0.3) is 0 Å². The molecule has 1 saturated heterocycles. The Hall–Kier alpha value is -1.40. The van der Waals surface area contributed by atoms with Crippen LogP contribution in [0.4, 0.5) is 0 Å². The van der Waals surface area contributed by atoms with Gasteiger partial charge in [-0.05, 0) is 30.5 Å². The minimum absolute atomic E-state index is 0.0138. The fourth-order valence-electron chi connectivity index (χ4n) is 2.48. The van der Waals surface area contributed by atoms with Crippen molar-refractivity contribution in [3.05, 3.63) is 23.8 Å². The Morgan fingerprint density at radius 1 is 1.27 bits per heavy atom. The summed E-state index contributed by atoms with van der Waals surface area (Å²) in [6, 6.07) is 4.51. The summed E-state index contributed by atoms with van der Waals surface area (Å²) in [5.41, 5.74) is 0.755. The lowest BCUT2D eigenvalue weighted by atomic mass is 10.1. The third kappa shape index (κ3) is 4.55. The first-order valence-electron chi connectivity index (χ1n) is 7.63. The van der Waals surface area contributed by atoms with Gasteiger partial charge in [0.15, 0.2) is 0 Å². The molecular weight excluding hydrogens is 302 g/mol. The largest absolute Gasteiger partial charge is 0.508 e. The van der Waals surface area contributed by atoms with Crippen molar-refractivity contribution in [1.29, 1.82) is 0 Å². The van der Waals surface area contributed by atoms with Crippen molar-refractivity contribution in [3.8, 4) is 11.5 Å². The fraction of sp³-hybridized carbons (Fsp3) is 0.562.